The van der Waals surface area contributed by atoms with E-state index in [0.717, 1.165) is 11.8 Å². The fraction of sp³-hybridized carbons (Fsp3) is 0.250. The molecular weight excluding hydrogens is 302 g/mol. The summed E-state index contributed by atoms with van der Waals surface area (Å²) in [7, 11) is 0. The van der Waals surface area contributed by atoms with Crippen molar-refractivity contribution in [3.8, 4) is 0 Å². The zero-order valence-corrected chi connectivity index (χ0v) is 11.4. The number of carboxylic acid groups (broad SMARTS) is 2. The number of fused-ring (bicyclic) bond motifs is 1. The summed E-state index contributed by atoms with van der Waals surface area (Å²) in [6, 6.07) is 7.15. The Kier molecular flexibility index (Phi) is 4.88. The lowest BCUT2D eigenvalue weighted by molar-refractivity contribution is 0.0140. The average molecular weight is 313 g/mol. The molecule has 1 unspecified atom stereocenters. The van der Waals surface area contributed by atoms with Gasteiger partial charge in [0, 0.05) is 5.75 Å². The van der Waals surface area contributed by atoms with E-state index in [4.69, 9.17) is 14.6 Å². The van der Waals surface area contributed by atoms with Crippen LogP contribution in [0, 0.1) is 0 Å². The number of ether oxygens (including phenoxy) is 2. The van der Waals surface area contributed by atoms with Crippen molar-refractivity contribution in [3.63, 3.8) is 0 Å². The van der Waals surface area contributed by atoms with Gasteiger partial charge < -0.3 is 24.1 Å². The van der Waals surface area contributed by atoms with Gasteiger partial charge in [-0.05, 0) is 12.1 Å². The van der Waals surface area contributed by atoms with Crippen molar-refractivity contribution >= 4 is 35.2 Å². The number of nitrogens with zero attached hydrogens (tertiary/aromatic N) is 1. The molecule has 0 fully saturated rings. The van der Waals surface area contributed by atoms with Crippen LogP contribution in [-0.4, -0.2) is 46.0 Å². The van der Waals surface area contributed by atoms with E-state index in [1.54, 1.807) is 18.2 Å². The van der Waals surface area contributed by atoms with Crippen LogP contribution in [0.5, 0.6) is 0 Å². The van der Waals surface area contributed by atoms with Crippen LogP contribution in [0.25, 0.3) is 11.1 Å². The molecule has 1 atom stereocenters. The van der Waals surface area contributed by atoms with Crippen LogP contribution in [-0.2, 0) is 9.47 Å². The van der Waals surface area contributed by atoms with Crippen LogP contribution in [0.15, 0.2) is 33.9 Å². The molecule has 0 saturated heterocycles. The Hall–Kier alpha value is -2.42. The van der Waals surface area contributed by atoms with Crippen molar-refractivity contribution in [1.29, 1.82) is 0 Å². The van der Waals surface area contributed by atoms with Crippen LogP contribution in [0.1, 0.15) is 0 Å². The molecule has 0 radical (unpaired) electrons. The molecule has 2 N–H and O–H groups in total. The molecule has 21 heavy (non-hydrogen) atoms. The third kappa shape index (κ3) is 4.56. The normalized spacial score (nSPS) is 12.0. The number of benzene rings is 1. The highest BCUT2D eigenvalue weighted by atomic mass is 32.2. The van der Waals surface area contributed by atoms with Gasteiger partial charge in [0.15, 0.2) is 5.58 Å². The Balaban J connectivity index is 1.96. The summed E-state index contributed by atoms with van der Waals surface area (Å²) >= 11 is 1.11. The predicted octanol–water partition coefficient (Wildman–Crippen LogP) is 2.68. The molecule has 0 bridgehead atoms. The molecule has 0 amide bonds. The summed E-state index contributed by atoms with van der Waals surface area (Å²) in [6.45, 7) is -0.394. The van der Waals surface area contributed by atoms with Gasteiger partial charge in [-0.1, -0.05) is 23.9 Å². The summed E-state index contributed by atoms with van der Waals surface area (Å²) in [5, 5.41) is 17.3. The first-order valence-electron chi connectivity index (χ1n) is 5.78. The number of hydrogen-bond donors (Lipinski definition) is 2. The van der Waals surface area contributed by atoms with Crippen molar-refractivity contribution < 1.29 is 33.7 Å². The molecule has 2 rings (SSSR count). The summed E-state index contributed by atoms with van der Waals surface area (Å²) in [4.78, 5) is 25.0. The zero-order valence-electron chi connectivity index (χ0n) is 10.6. The summed E-state index contributed by atoms with van der Waals surface area (Å²) in [5.74, 6) is 0.117. The van der Waals surface area contributed by atoms with E-state index >= 15 is 0 Å². The van der Waals surface area contributed by atoms with Crippen molar-refractivity contribution in [2.24, 2.45) is 0 Å². The minimum atomic E-state index is -1.51. The Bertz CT molecular complexity index is 608. The van der Waals surface area contributed by atoms with Crippen molar-refractivity contribution in [2.45, 2.75) is 11.3 Å². The topological polar surface area (TPSA) is 119 Å². The molecule has 112 valence electrons. The maximum atomic E-state index is 10.5. The van der Waals surface area contributed by atoms with E-state index in [1.165, 1.54) is 0 Å². The Morgan fingerprint density at radius 2 is 2.05 bits per heavy atom. The maximum absolute atomic E-state index is 10.5. The minimum Gasteiger partial charge on any atom is -0.450 e. The fourth-order valence-electron chi connectivity index (χ4n) is 1.50. The molecule has 0 aliphatic heterocycles. The fourth-order valence-corrected chi connectivity index (χ4v) is 2.30. The molecule has 0 spiro atoms. The van der Waals surface area contributed by atoms with E-state index in [0.29, 0.717) is 16.3 Å². The molecule has 1 aromatic carbocycles. The second-order valence-electron chi connectivity index (χ2n) is 3.84. The number of carbonyl (C=O) groups is 2. The van der Waals surface area contributed by atoms with Gasteiger partial charge in [0.1, 0.15) is 18.2 Å². The number of rotatable bonds is 6. The van der Waals surface area contributed by atoms with Crippen LogP contribution < -0.4 is 0 Å². The number of para-hydroxylation sites is 2. The quantitative estimate of drug-likeness (QED) is 0.612. The van der Waals surface area contributed by atoms with E-state index in [-0.39, 0.29) is 5.75 Å². The lowest BCUT2D eigenvalue weighted by Crippen LogP contribution is -2.26. The molecule has 0 aliphatic rings. The monoisotopic (exact) mass is 313 g/mol. The SMILES string of the molecule is O=C(O)OCC(CSc1nc2ccccc2o1)OC(=O)O. The summed E-state index contributed by atoms with van der Waals surface area (Å²) < 4.78 is 14.3. The van der Waals surface area contributed by atoms with Gasteiger partial charge in [-0.25, -0.2) is 14.6 Å². The smallest absolute Gasteiger partial charge is 0.450 e. The Morgan fingerprint density at radius 1 is 1.29 bits per heavy atom. The molecule has 0 saturated carbocycles. The van der Waals surface area contributed by atoms with Gasteiger partial charge in [-0.3, -0.25) is 0 Å². The Morgan fingerprint density at radius 3 is 2.71 bits per heavy atom. The molecule has 1 aromatic heterocycles. The highest BCUT2D eigenvalue weighted by Gasteiger charge is 2.18. The number of hydrogen-bond acceptors (Lipinski definition) is 7. The van der Waals surface area contributed by atoms with Crippen LogP contribution in [0.4, 0.5) is 9.59 Å². The molecule has 1 heterocycles. The second-order valence-corrected chi connectivity index (χ2v) is 4.81. The molecular formula is C12H11NO7S. The van der Waals surface area contributed by atoms with E-state index in [1.807, 2.05) is 6.07 Å². The van der Waals surface area contributed by atoms with Crippen molar-refractivity contribution in [1.82, 2.24) is 4.98 Å². The first-order chi connectivity index (χ1) is 10.0. The predicted molar refractivity (Wildman–Crippen MR) is 71.6 cm³/mol. The van der Waals surface area contributed by atoms with Gasteiger partial charge in [-0.2, -0.15) is 0 Å². The zero-order chi connectivity index (χ0) is 15.2. The molecule has 2 aromatic rings. The van der Waals surface area contributed by atoms with E-state index in [9.17, 15) is 9.59 Å². The summed E-state index contributed by atoms with van der Waals surface area (Å²) in [6.07, 6.45) is -3.95. The van der Waals surface area contributed by atoms with Crippen LogP contribution in [0.3, 0.4) is 0 Å². The Labute approximate surface area is 122 Å². The van der Waals surface area contributed by atoms with Crippen LogP contribution >= 0.6 is 11.8 Å². The van der Waals surface area contributed by atoms with Gasteiger partial charge in [0.2, 0.25) is 0 Å². The lowest BCUT2D eigenvalue weighted by atomic mass is 10.3. The first-order valence-corrected chi connectivity index (χ1v) is 6.77. The molecule has 8 nitrogen and oxygen atoms in total. The number of thioether (sulfide) groups is 1. The average Bonchev–Trinajstić information content (AvgIpc) is 2.84. The van der Waals surface area contributed by atoms with Crippen molar-refractivity contribution in [2.75, 3.05) is 12.4 Å². The van der Waals surface area contributed by atoms with Crippen LogP contribution in [0.2, 0.25) is 0 Å². The third-order valence-corrected chi connectivity index (χ3v) is 3.29. The maximum Gasteiger partial charge on any atom is 0.506 e. The van der Waals surface area contributed by atoms with Gasteiger partial charge in [0.25, 0.3) is 5.22 Å². The minimum absolute atomic E-state index is 0.117. The molecule has 0 aliphatic carbocycles. The third-order valence-electron chi connectivity index (χ3n) is 2.33. The largest absolute Gasteiger partial charge is 0.506 e. The number of aromatic nitrogens is 1. The van der Waals surface area contributed by atoms with Crippen molar-refractivity contribution in [3.05, 3.63) is 24.3 Å². The second kappa shape index (κ2) is 6.84. The highest BCUT2D eigenvalue weighted by Crippen LogP contribution is 2.24. The first kappa shape index (κ1) is 15.0. The van der Waals surface area contributed by atoms with Gasteiger partial charge >= 0.3 is 12.3 Å². The number of oxazole rings is 1. The van der Waals surface area contributed by atoms with Gasteiger partial charge in [0.05, 0.1) is 0 Å². The van der Waals surface area contributed by atoms with E-state index in [2.05, 4.69) is 14.5 Å². The van der Waals surface area contributed by atoms with Gasteiger partial charge in [-0.15, -0.1) is 0 Å². The lowest BCUT2D eigenvalue weighted by Gasteiger charge is -2.13. The molecule has 9 heteroatoms. The van der Waals surface area contributed by atoms with E-state index < -0.39 is 25.0 Å². The summed E-state index contributed by atoms with van der Waals surface area (Å²) in [5.41, 5.74) is 1.29. The highest BCUT2D eigenvalue weighted by molar-refractivity contribution is 7.99. The standard InChI is InChI=1S/C12H11NO7S/c14-11(15)18-5-7(19-12(16)17)6-21-10-13-8-3-1-2-4-9(8)20-10/h1-4,7H,5-6H2,(H,14,15)(H,16,17).